The zero-order valence-electron chi connectivity index (χ0n) is 18.0. The molecule has 0 spiro atoms. The fourth-order valence-corrected chi connectivity index (χ4v) is 4.93. The Morgan fingerprint density at radius 3 is 2.76 bits per heavy atom. The molecule has 2 N–H and O–H groups in total. The fourth-order valence-electron chi connectivity index (χ4n) is 3.84. The van der Waals surface area contributed by atoms with Gasteiger partial charge in [0.1, 0.15) is 17.0 Å². The molecule has 3 heterocycles. The molecule has 0 aliphatic carbocycles. The number of ether oxygens (including phenoxy) is 1. The topological polar surface area (TPSA) is 113 Å². The van der Waals surface area contributed by atoms with E-state index in [4.69, 9.17) is 16.3 Å². The van der Waals surface area contributed by atoms with Crippen LogP contribution in [0.25, 0.3) is 11.0 Å². The maximum atomic E-state index is 12.6. The van der Waals surface area contributed by atoms with Gasteiger partial charge in [-0.3, -0.25) is 14.7 Å². The van der Waals surface area contributed by atoms with Crippen molar-refractivity contribution in [1.29, 1.82) is 0 Å². The maximum Gasteiger partial charge on any atom is 0.275 e. The first-order valence-electron chi connectivity index (χ1n) is 10.8. The molecule has 2 amide bonds. The van der Waals surface area contributed by atoms with Crippen LogP contribution in [0.15, 0.2) is 47.8 Å². The van der Waals surface area contributed by atoms with E-state index in [0.717, 1.165) is 23.4 Å². The largest absolute Gasteiger partial charge is 0.484 e. The van der Waals surface area contributed by atoms with E-state index in [1.165, 1.54) is 11.3 Å². The minimum atomic E-state index is -0.266. The zero-order chi connectivity index (χ0) is 23.5. The SMILES string of the molecule is O=C(Nc1ccc2[nH]nnc2c1)c1csc(C2CCN(C(=O)COc3ccc(Cl)cc3)CC2)n1. The summed E-state index contributed by atoms with van der Waals surface area (Å²) in [6, 6.07) is 12.3. The average Bonchev–Trinajstić information content (AvgIpc) is 3.53. The number of H-pyrrole nitrogens is 1. The molecule has 9 nitrogen and oxygen atoms in total. The number of anilines is 1. The van der Waals surface area contributed by atoms with Crippen LogP contribution in [-0.2, 0) is 4.79 Å². The molecular formula is C23H21ClN6O3S. The van der Waals surface area contributed by atoms with Crippen LogP contribution in [0.5, 0.6) is 5.75 Å². The van der Waals surface area contributed by atoms with Crippen molar-refractivity contribution in [3.63, 3.8) is 0 Å². The van der Waals surface area contributed by atoms with Crippen LogP contribution < -0.4 is 10.1 Å². The fraction of sp³-hybridized carbons (Fsp3) is 0.261. The van der Waals surface area contributed by atoms with Crippen LogP contribution >= 0.6 is 22.9 Å². The van der Waals surface area contributed by atoms with Gasteiger partial charge in [-0.1, -0.05) is 16.8 Å². The van der Waals surface area contributed by atoms with Crippen molar-refractivity contribution in [2.24, 2.45) is 0 Å². The van der Waals surface area contributed by atoms with Gasteiger partial charge in [0.2, 0.25) is 0 Å². The van der Waals surface area contributed by atoms with Crippen LogP contribution in [0, 0.1) is 0 Å². The normalized spacial score (nSPS) is 14.3. The van der Waals surface area contributed by atoms with E-state index in [1.807, 2.05) is 11.0 Å². The molecule has 1 aliphatic heterocycles. The predicted octanol–water partition coefficient (Wildman–Crippen LogP) is 4.11. The number of hydrogen-bond acceptors (Lipinski definition) is 7. The van der Waals surface area contributed by atoms with Gasteiger partial charge in [0.05, 0.1) is 10.5 Å². The van der Waals surface area contributed by atoms with Crippen molar-refractivity contribution in [3.8, 4) is 5.75 Å². The number of nitrogens with one attached hydrogen (secondary N) is 2. The molecule has 5 rings (SSSR count). The first-order valence-corrected chi connectivity index (χ1v) is 12.0. The van der Waals surface area contributed by atoms with Gasteiger partial charge in [0, 0.05) is 35.1 Å². The Balaban J connectivity index is 1.12. The summed E-state index contributed by atoms with van der Waals surface area (Å²) in [6.07, 6.45) is 1.59. The molecule has 2 aromatic heterocycles. The Labute approximate surface area is 204 Å². The molecule has 0 bridgehead atoms. The van der Waals surface area contributed by atoms with Gasteiger partial charge in [0.15, 0.2) is 6.61 Å². The lowest BCUT2D eigenvalue weighted by molar-refractivity contribution is -0.134. The van der Waals surface area contributed by atoms with E-state index in [1.54, 1.807) is 41.8 Å². The van der Waals surface area contributed by atoms with Crippen LogP contribution in [0.1, 0.15) is 34.3 Å². The molecule has 0 atom stereocenters. The molecule has 2 aromatic carbocycles. The molecule has 11 heteroatoms. The molecule has 34 heavy (non-hydrogen) atoms. The number of piperidine rings is 1. The Kier molecular flexibility index (Phi) is 6.41. The van der Waals surface area contributed by atoms with Gasteiger partial charge < -0.3 is 15.0 Å². The summed E-state index contributed by atoms with van der Waals surface area (Å²) in [4.78, 5) is 31.5. The number of amides is 2. The number of nitrogens with zero attached hydrogens (tertiary/aromatic N) is 4. The van der Waals surface area contributed by atoms with Gasteiger partial charge in [-0.15, -0.1) is 16.4 Å². The van der Waals surface area contributed by atoms with Gasteiger partial charge in [-0.25, -0.2) is 4.98 Å². The second kappa shape index (κ2) is 9.78. The Morgan fingerprint density at radius 1 is 1.18 bits per heavy atom. The van der Waals surface area contributed by atoms with Gasteiger partial charge in [-0.2, -0.15) is 0 Å². The van der Waals surface area contributed by atoms with E-state index in [2.05, 4.69) is 25.7 Å². The minimum absolute atomic E-state index is 0.00595. The predicted molar refractivity (Wildman–Crippen MR) is 129 cm³/mol. The lowest BCUT2D eigenvalue weighted by Crippen LogP contribution is -2.40. The number of fused-ring (bicyclic) bond motifs is 1. The number of aromatic amines is 1. The second-order valence-corrected chi connectivity index (χ2v) is 9.29. The lowest BCUT2D eigenvalue weighted by Gasteiger charge is -2.31. The number of thiazole rings is 1. The molecule has 4 aromatic rings. The Hall–Kier alpha value is -3.50. The summed E-state index contributed by atoms with van der Waals surface area (Å²) >= 11 is 7.35. The summed E-state index contributed by atoms with van der Waals surface area (Å²) in [6.45, 7) is 1.26. The van der Waals surface area contributed by atoms with Gasteiger partial charge >= 0.3 is 0 Å². The Morgan fingerprint density at radius 2 is 1.97 bits per heavy atom. The molecule has 1 aliphatic rings. The lowest BCUT2D eigenvalue weighted by atomic mass is 9.97. The number of benzene rings is 2. The van der Waals surface area contributed by atoms with E-state index < -0.39 is 0 Å². The van der Waals surface area contributed by atoms with Crippen molar-refractivity contribution in [2.75, 3.05) is 25.0 Å². The third-order valence-corrected chi connectivity index (χ3v) is 6.97. The number of aromatic nitrogens is 4. The van der Waals surface area contributed by atoms with Crippen LogP contribution in [0.2, 0.25) is 5.02 Å². The highest BCUT2D eigenvalue weighted by atomic mass is 35.5. The first-order chi connectivity index (χ1) is 16.5. The summed E-state index contributed by atoms with van der Waals surface area (Å²) < 4.78 is 5.57. The zero-order valence-corrected chi connectivity index (χ0v) is 19.6. The summed E-state index contributed by atoms with van der Waals surface area (Å²) in [7, 11) is 0. The Bertz CT molecular complexity index is 1310. The van der Waals surface area contributed by atoms with Crippen molar-refractivity contribution < 1.29 is 14.3 Å². The summed E-state index contributed by atoms with van der Waals surface area (Å²) in [5.74, 6) is 0.524. The van der Waals surface area contributed by atoms with Crippen LogP contribution in [-0.4, -0.2) is 56.8 Å². The average molecular weight is 497 g/mol. The molecule has 0 saturated carbocycles. The number of rotatable bonds is 6. The maximum absolute atomic E-state index is 12.6. The quantitative estimate of drug-likeness (QED) is 0.415. The number of carbonyl (C=O) groups is 2. The highest BCUT2D eigenvalue weighted by Crippen LogP contribution is 2.30. The third kappa shape index (κ3) is 5.02. The number of halogens is 1. The van der Waals surface area contributed by atoms with Gasteiger partial charge in [-0.05, 0) is 55.3 Å². The molecule has 1 fully saturated rings. The molecular weight excluding hydrogens is 476 g/mol. The van der Waals surface area contributed by atoms with Crippen molar-refractivity contribution in [1.82, 2.24) is 25.3 Å². The molecule has 0 radical (unpaired) electrons. The molecule has 0 unspecified atom stereocenters. The summed E-state index contributed by atoms with van der Waals surface area (Å²) in [5.41, 5.74) is 2.50. The third-order valence-electron chi connectivity index (χ3n) is 5.71. The monoisotopic (exact) mass is 496 g/mol. The smallest absolute Gasteiger partial charge is 0.275 e. The van der Waals surface area contributed by atoms with Crippen LogP contribution in [0.3, 0.4) is 0 Å². The minimum Gasteiger partial charge on any atom is -0.484 e. The number of hydrogen-bond donors (Lipinski definition) is 2. The first kappa shape index (κ1) is 22.3. The van der Waals surface area contributed by atoms with E-state index >= 15 is 0 Å². The highest BCUT2D eigenvalue weighted by Gasteiger charge is 2.26. The van der Waals surface area contributed by atoms with E-state index in [-0.39, 0.29) is 24.3 Å². The van der Waals surface area contributed by atoms with Crippen molar-refractivity contribution in [3.05, 3.63) is 63.6 Å². The molecule has 174 valence electrons. The summed E-state index contributed by atoms with van der Waals surface area (Å²) in [5, 5.41) is 16.7. The number of carbonyl (C=O) groups excluding carboxylic acids is 2. The van der Waals surface area contributed by atoms with Crippen LogP contribution in [0.4, 0.5) is 5.69 Å². The van der Waals surface area contributed by atoms with Crippen molar-refractivity contribution in [2.45, 2.75) is 18.8 Å². The van der Waals surface area contributed by atoms with E-state index in [0.29, 0.717) is 40.8 Å². The second-order valence-electron chi connectivity index (χ2n) is 7.97. The van der Waals surface area contributed by atoms with Gasteiger partial charge in [0.25, 0.3) is 11.8 Å². The number of likely N-dealkylation sites (tertiary alicyclic amines) is 1. The van der Waals surface area contributed by atoms with E-state index in [9.17, 15) is 9.59 Å². The molecule has 1 saturated heterocycles. The van der Waals surface area contributed by atoms with Crippen molar-refractivity contribution >= 4 is 51.5 Å². The highest BCUT2D eigenvalue weighted by molar-refractivity contribution is 7.10. The standard InChI is InChI=1S/C23H21ClN6O3S/c24-15-1-4-17(5-2-15)33-12-21(31)30-9-7-14(8-10-30)23-26-20(13-34-23)22(32)25-16-3-6-18-19(11-16)28-29-27-18/h1-6,11,13-14H,7-10,12H2,(H,25,32)(H,27,28,29).